The van der Waals surface area contributed by atoms with Crippen molar-refractivity contribution in [2.45, 2.75) is 38.3 Å². The lowest BCUT2D eigenvalue weighted by molar-refractivity contribution is -0.123. The van der Waals surface area contributed by atoms with Crippen molar-refractivity contribution in [2.75, 3.05) is 6.61 Å². The molecular formula is C18H23N3O4S. The van der Waals surface area contributed by atoms with E-state index in [0.717, 1.165) is 5.56 Å². The number of amides is 1. The van der Waals surface area contributed by atoms with Gasteiger partial charge < -0.3 is 10.1 Å². The van der Waals surface area contributed by atoms with Crippen LogP contribution < -0.4 is 14.8 Å². The zero-order chi connectivity index (χ0) is 19.2. The van der Waals surface area contributed by atoms with Gasteiger partial charge in [-0.25, -0.2) is 13.1 Å². The third kappa shape index (κ3) is 5.82. The Labute approximate surface area is 153 Å². The Morgan fingerprint density at radius 1 is 1.19 bits per heavy atom. The van der Waals surface area contributed by atoms with Gasteiger partial charge in [0.1, 0.15) is 5.75 Å². The van der Waals surface area contributed by atoms with E-state index in [1.54, 1.807) is 39.2 Å². The number of carbonyl (C=O) groups is 1. The number of sulfonamides is 1. The number of nitrogens with one attached hydrogen (secondary N) is 2. The van der Waals surface area contributed by atoms with E-state index in [9.17, 15) is 13.2 Å². The molecule has 0 saturated heterocycles. The first-order valence-electron chi connectivity index (χ1n) is 8.19. The topological polar surface area (TPSA) is 97.4 Å². The monoisotopic (exact) mass is 377 g/mol. The quantitative estimate of drug-likeness (QED) is 0.731. The minimum atomic E-state index is -3.56. The van der Waals surface area contributed by atoms with Crippen molar-refractivity contribution >= 4 is 15.9 Å². The lowest BCUT2D eigenvalue weighted by atomic mass is 10.2. The fraction of sp³-hybridized carbons (Fsp3) is 0.333. The molecule has 1 heterocycles. The Balaban J connectivity index is 1.92. The third-order valence-electron chi connectivity index (χ3n) is 3.45. The van der Waals surface area contributed by atoms with Gasteiger partial charge in [0.15, 0.2) is 6.61 Å². The number of hydrogen-bond donors (Lipinski definition) is 2. The molecule has 1 amide bonds. The second kappa shape index (κ2) is 8.77. The first-order valence-corrected chi connectivity index (χ1v) is 9.67. The number of aryl methyl sites for hydroxylation is 1. The average molecular weight is 377 g/mol. The summed E-state index contributed by atoms with van der Waals surface area (Å²) in [6.07, 6.45) is 3.32. The van der Waals surface area contributed by atoms with Crippen LogP contribution in [0.1, 0.15) is 25.0 Å². The highest BCUT2D eigenvalue weighted by atomic mass is 32.2. The summed E-state index contributed by atoms with van der Waals surface area (Å²) in [5, 5.41) is 2.75. The molecule has 8 heteroatoms. The van der Waals surface area contributed by atoms with Gasteiger partial charge in [-0.1, -0.05) is 0 Å². The lowest BCUT2D eigenvalue weighted by Crippen LogP contribution is -2.30. The molecular weight excluding hydrogens is 354 g/mol. The number of hydrogen-bond acceptors (Lipinski definition) is 5. The minimum Gasteiger partial charge on any atom is -0.484 e. The zero-order valence-electron chi connectivity index (χ0n) is 15.0. The second-order valence-electron chi connectivity index (χ2n) is 6.12. The zero-order valence-corrected chi connectivity index (χ0v) is 15.8. The Morgan fingerprint density at radius 2 is 1.88 bits per heavy atom. The first kappa shape index (κ1) is 19.9. The number of ether oxygens (including phenoxy) is 1. The van der Waals surface area contributed by atoms with Gasteiger partial charge in [0, 0.05) is 25.0 Å². The van der Waals surface area contributed by atoms with Crippen molar-refractivity contribution in [2.24, 2.45) is 0 Å². The molecule has 2 rings (SSSR count). The number of carbonyl (C=O) groups excluding carboxylic acids is 1. The molecule has 0 unspecified atom stereocenters. The van der Waals surface area contributed by atoms with E-state index in [0.29, 0.717) is 17.9 Å². The Hall–Kier alpha value is -2.45. The van der Waals surface area contributed by atoms with Crippen molar-refractivity contribution in [3.63, 3.8) is 0 Å². The summed E-state index contributed by atoms with van der Waals surface area (Å²) >= 11 is 0. The van der Waals surface area contributed by atoms with Crippen LogP contribution in [-0.4, -0.2) is 32.0 Å². The van der Waals surface area contributed by atoms with Crippen molar-refractivity contribution in [3.8, 4) is 5.75 Å². The molecule has 140 valence electrons. The Morgan fingerprint density at radius 3 is 2.50 bits per heavy atom. The highest BCUT2D eigenvalue weighted by Crippen LogP contribution is 2.22. The van der Waals surface area contributed by atoms with Gasteiger partial charge in [0.2, 0.25) is 10.0 Å². The Bertz CT molecular complexity index is 852. The van der Waals surface area contributed by atoms with Gasteiger partial charge in [-0.15, -0.1) is 0 Å². The van der Waals surface area contributed by atoms with Crippen LogP contribution in [0.15, 0.2) is 47.6 Å². The average Bonchev–Trinajstić information content (AvgIpc) is 2.58. The highest BCUT2D eigenvalue weighted by molar-refractivity contribution is 7.89. The SMILES string of the molecule is Cc1cc(S(=O)(=O)NC(C)C)ccc1OCC(=O)NCc1ccncc1. The van der Waals surface area contributed by atoms with E-state index in [1.807, 2.05) is 12.1 Å². The van der Waals surface area contributed by atoms with Crippen molar-refractivity contribution in [3.05, 3.63) is 53.9 Å². The van der Waals surface area contributed by atoms with Crippen LogP contribution in [0.2, 0.25) is 0 Å². The van der Waals surface area contributed by atoms with Crippen LogP contribution in [0.5, 0.6) is 5.75 Å². The van der Waals surface area contributed by atoms with Crippen LogP contribution in [0.3, 0.4) is 0 Å². The molecule has 2 aromatic rings. The molecule has 0 aliphatic rings. The normalized spacial score (nSPS) is 11.4. The molecule has 26 heavy (non-hydrogen) atoms. The van der Waals surface area contributed by atoms with Crippen LogP contribution in [0, 0.1) is 6.92 Å². The fourth-order valence-corrected chi connectivity index (χ4v) is 3.56. The maximum absolute atomic E-state index is 12.2. The number of benzene rings is 1. The lowest BCUT2D eigenvalue weighted by Gasteiger charge is -2.13. The van der Waals surface area contributed by atoms with Crippen LogP contribution in [0.25, 0.3) is 0 Å². The van der Waals surface area contributed by atoms with E-state index in [-0.39, 0.29) is 23.5 Å². The van der Waals surface area contributed by atoms with E-state index in [4.69, 9.17) is 4.74 Å². The molecule has 0 bridgehead atoms. The van der Waals surface area contributed by atoms with Crippen LogP contribution in [0.4, 0.5) is 0 Å². The summed E-state index contributed by atoms with van der Waals surface area (Å²) in [7, 11) is -3.56. The molecule has 0 fully saturated rings. The summed E-state index contributed by atoms with van der Waals surface area (Å²) in [5.74, 6) is 0.201. The van der Waals surface area contributed by atoms with E-state index in [1.165, 1.54) is 12.1 Å². The van der Waals surface area contributed by atoms with E-state index >= 15 is 0 Å². The molecule has 0 atom stereocenters. The van der Waals surface area contributed by atoms with Gasteiger partial charge in [-0.2, -0.15) is 0 Å². The summed E-state index contributed by atoms with van der Waals surface area (Å²) in [5.41, 5.74) is 1.58. The third-order valence-corrected chi connectivity index (χ3v) is 5.10. The van der Waals surface area contributed by atoms with E-state index < -0.39 is 10.0 Å². The van der Waals surface area contributed by atoms with Gasteiger partial charge in [-0.05, 0) is 62.2 Å². The van der Waals surface area contributed by atoms with Gasteiger partial charge >= 0.3 is 0 Å². The maximum Gasteiger partial charge on any atom is 0.258 e. The first-order chi connectivity index (χ1) is 12.3. The molecule has 7 nitrogen and oxygen atoms in total. The Kier molecular flexibility index (Phi) is 6.70. The molecule has 0 aliphatic heterocycles. The number of rotatable bonds is 8. The summed E-state index contributed by atoms with van der Waals surface area (Å²) in [6.45, 7) is 5.49. The molecule has 1 aromatic heterocycles. The molecule has 1 aromatic carbocycles. The molecule has 0 aliphatic carbocycles. The maximum atomic E-state index is 12.2. The fourth-order valence-electron chi connectivity index (χ4n) is 2.22. The number of nitrogens with zero attached hydrogens (tertiary/aromatic N) is 1. The van der Waals surface area contributed by atoms with Gasteiger partial charge in [-0.3, -0.25) is 9.78 Å². The van der Waals surface area contributed by atoms with Crippen molar-refractivity contribution in [1.82, 2.24) is 15.0 Å². The van der Waals surface area contributed by atoms with Crippen LogP contribution in [-0.2, 0) is 21.4 Å². The molecule has 0 radical (unpaired) electrons. The van der Waals surface area contributed by atoms with Crippen LogP contribution >= 0.6 is 0 Å². The second-order valence-corrected chi connectivity index (χ2v) is 7.84. The summed E-state index contributed by atoms with van der Waals surface area (Å²) < 4.78 is 32.4. The molecule has 0 saturated carbocycles. The van der Waals surface area contributed by atoms with Gasteiger partial charge in [0.25, 0.3) is 5.91 Å². The standard InChI is InChI=1S/C18H23N3O4S/c1-13(2)21-26(23,24)16-4-5-17(14(3)10-16)25-12-18(22)20-11-15-6-8-19-9-7-15/h4-10,13,21H,11-12H2,1-3H3,(H,20,22). The number of pyridine rings is 1. The molecule has 0 spiro atoms. The minimum absolute atomic E-state index is 0.151. The predicted octanol–water partition coefficient (Wildman–Crippen LogP) is 1.77. The largest absolute Gasteiger partial charge is 0.484 e. The smallest absolute Gasteiger partial charge is 0.258 e. The van der Waals surface area contributed by atoms with Crippen molar-refractivity contribution in [1.29, 1.82) is 0 Å². The summed E-state index contributed by atoms with van der Waals surface area (Å²) in [4.78, 5) is 16.0. The number of aromatic nitrogens is 1. The van der Waals surface area contributed by atoms with E-state index in [2.05, 4.69) is 15.0 Å². The predicted molar refractivity (Wildman–Crippen MR) is 98.2 cm³/mol. The highest BCUT2D eigenvalue weighted by Gasteiger charge is 2.16. The summed E-state index contributed by atoms with van der Waals surface area (Å²) in [6, 6.07) is 7.97. The van der Waals surface area contributed by atoms with Gasteiger partial charge in [0.05, 0.1) is 4.90 Å². The molecule has 2 N–H and O–H groups in total. The van der Waals surface area contributed by atoms with Crippen molar-refractivity contribution < 1.29 is 17.9 Å².